The molecule has 0 fully saturated rings. The van der Waals surface area contributed by atoms with Crippen molar-refractivity contribution in [2.24, 2.45) is 0 Å². The molecule has 2 nitrogen and oxygen atoms in total. The quantitative estimate of drug-likeness (QED) is 0.579. The summed E-state index contributed by atoms with van der Waals surface area (Å²) in [6.07, 6.45) is 2.83. The maximum absolute atomic E-state index is 12.4. The first-order valence-electron chi connectivity index (χ1n) is 6.64. The van der Waals surface area contributed by atoms with Crippen molar-refractivity contribution in [1.82, 2.24) is 4.57 Å². The Labute approximate surface area is 136 Å². The Morgan fingerprint density at radius 3 is 2.76 bits per heavy atom. The summed E-state index contributed by atoms with van der Waals surface area (Å²) in [6, 6.07) is 9.37. The second-order valence-corrected chi connectivity index (χ2v) is 6.82. The van der Waals surface area contributed by atoms with Gasteiger partial charge in [0.25, 0.3) is 0 Å². The van der Waals surface area contributed by atoms with Crippen molar-refractivity contribution in [3.05, 3.63) is 56.3 Å². The fourth-order valence-corrected chi connectivity index (χ4v) is 3.73. The van der Waals surface area contributed by atoms with Gasteiger partial charge < -0.3 is 4.57 Å². The lowest BCUT2D eigenvalue weighted by molar-refractivity contribution is 0.0977. The fourth-order valence-electron chi connectivity index (χ4n) is 2.31. The van der Waals surface area contributed by atoms with E-state index < -0.39 is 0 Å². The molecule has 0 unspecified atom stereocenters. The topological polar surface area (TPSA) is 22.0 Å². The molecular weight excluding hydrogens is 325 g/mol. The highest BCUT2D eigenvalue weighted by atomic mass is 35.5. The zero-order valence-electron chi connectivity index (χ0n) is 11.4. The summed E-state index contributed by atoms with van der Waals surface area (Å²) >= 11 is 13.8. The van der Waals surface area contributed by atoms with Crippen LogP contribution in [-0.4, -0.2) is 10.4 Å². The van der Waals surface area contributed by atoms with Gasteiger partial charge in [-0.2, -0.15) is 0 Å². The van der Waals surface area contributed by atoms with Gasteiger partial charge in [0, 0.05) is 21.5 Å². The molecule has 21 heavy (non-hydrogen) atoms. The van der Waals surface area contributed by atoms with Gasteiger partial charge in [-0.25, -0.2) is 0 Å². The highest BCUT2D eigenvalue weighted by Crippen LogP contribution is 2.29. The van der Waals surface area contributed by atoms with Crippen LogP contribution in [-0.2, 0) is 13.0 Å². The monoisotopic (exact) mass is 337 g/mol. The summed E-state index contributed by atoms with van der Waals surface area (Å²) in [6.45, 7) is 2.38. The number of halogens is 2. The molecule has 3 rings (SSSR count). The first-order valence-corrected chi connectivity index (χ1v) is 8.21. The number of hydrogen-bond donors (Lipinski definition) is 0. The van der Waals surface area contributed by atoms with Crippen molar-refractivity contribution in [2.75, 3.05) is 0 Å². The van der Waals surface area contributed by atoms with E-state index >= 15 is 0 Å². The Hall–Kier alpha value is -1.29. The van der Waals surface area contributed by atoms with Crippen molar-refractivity contribution in [2.45, 2.75) is 19.9 Å². The van der Waals surface area contributed by atoms with E-state index in [2.05, 4.69) is 6.92 Å². The average molecular weight is 338 g/mol. The van der Waals surface area contributed by atoms with E-state index in [1.165, 1.54) is 4.88 Å². The third kappa shape index (κ3) is 2.86. The van der Waals surface area contributed by atoms with Gasteiger partial charge in [-0.15, -0.1) is 11.3 Å². The average Bonchev–Trinajstić information content (AvgIpc) is 3.06. The second-order valence-electron chi connectivity index (χ2n) is 4.81. The van der Waals surface area contributed by atoms with Gasteiger partial charge in [-0.3, -0.25) is 4.79 Å². The predicted octanol–water partition coefficient (Wildman–Crippen LogP) is 5.45. The first-order chi connectivity index (χ1) is 10.1. The third-order valence-corrected chi connectivity index (χ3v) is 5.20. The summed E-state index contributed by atoms with van der Waals surface area (Å²) in [4.78, 5) is 14.4. The van der Waals surface area contributed by atoms with Crippen LogP contribution in [0.3, 0.4) is 0 Å². The molecule has 0 aliphatic rings. The maximum atomic E-state index is 12.4. The van der Waals surface area contributed by atoms with E-state index in [1.54, 1.807) is 17.4 Å². The summed E-state index contributed by atoms with van der Waals surface area (Å²) in [5, 5.41) is 2.09. The van der Waals surface area contributed by atoms with Gasteiger partial charge in [0.2, 0.25) is 0 Å². The summed E-state index contributed by atoms with van der Waals surface area (Å²) in [5.74, 6) is 0.105. The van der Waals surface area contributed by atoms with E-state index in [0.717, 1.165) is 22.2 Å². The predicted molar refractivity (Wildman–Crippen MR) is 90.0 cm³/mol. The molecule has 0 radical (unpaired) electrons. The molecule has 0 amide bonds. The molecule has 0 saturated carbocycles. The first kappa shape index (κ1) is 14.6. The van der Waals surface area contributed by atoms with Crippen LogP contribution < -0.4 is 0 Å². The number of rotatable bonds is 4. The fraction of sp³-hybridized carbons (Fsp3) is 0.188. The Kier molecular flexibility index (Phi) is 4.07. The molecule has 0 aliphatic heterocycles. The Bertz CT molecular complexity index is 819. The molecule has 2 heterocycles. The van der Waals surface area contributed by atoms with Crippen molar-refractivity contribution in [3.63, 3.8) is 0 Å². The number of aryl methyl sites for hydroxylation is 1. The van der Waals surface area contributed by atoms with Crippen molar-refractivity contribution < 1.29 is 4.79 Å². The van der Waals surface area contributed by atoms with Crippen LogP contribution in [0.2, 0.25) is 10.0 Å². The molecular formula is C16H13Cl2NOS. The molecule has 3 aromatic rings. The van der Waals surface area contributed by atoms with Crippen LogP contribution in [0.4, 0.5) is 0 Å². The van der Waals surface area contributed by atoms with Gasteiger partial charge in [0.05, 0.1) is 22.0 Å². The maximum Gasteiger partial charge on any atom is 0.192 e. The number of thiophene rings is 1. The largest absolute Gasteiger partial charge is 0.340 e. The minimum atomic E-state index is 0.105. The highest BCUT2D eigenvalue weighted by molar-refractivity contribution is 7.14. The molecule has 2 aromatic heterocycles. The zero-order valence-corrected chi connectivity index (χ0v) is 13.7. The van der Waals surface area contributed by atoms with E-state index in [4.69, 9.17) is 23.2 Å². The smallest absolute Gasteiger partial charge is 0.192 e. The summed E-state index contributed by atoms with van der Waals surface area (Å²) in [7, 11) is 0. The van der Waals surface area contributed by atoms with Gasteiger partial charge in [0.15, 0.2) is 5.78 Å². The molecule has 0 N–H and O–H groups in total. The molecule has 0 spiro atoms. The number of benzene rings is 1. The second kappa shape index (κ2) is 5.84. The van der Waals surface area contributed by atoms with E-state index in [-0.39, 0.29) is 5.78 Å². The lowest BCUT2D eigenvalue weighted by Gasteiger charge is -2.05. The van der Waals surface area contributed by atoms with Crippen LogP contribution in [0.1, 0.15) is 21.5 Å². The number of aromatic nitrogens is 1. The number of Topliss-reactive ketones (excluding diaryl/α,β-unsaturated/α-hetero) is 1. The van der Waals surface area contributed by atoms with Crippen LogP contribution in [0, 0.1) is 0 Å². The molecule has 0 aliphatic carbocycles. The Balaban J connectivity index is 1.93. The Morgan fingerprint density at radius 1 is 1.24 bits per heavy atom. The van der Waals surface area contributed by atoms with Crippen LogP contribution in [0.25, 0.3) is 10.9 Å². The van der Waals surface area contributed by atoms with E-state index in [0.29, 0.717) is 16.6 Å². The standard InChI is InChI=1S/C16H13Cl2NOS/c1-2-11-3-4-16(21-11)15(20)9-19-6-5-12-13(18)7-10(17)8-14(12)19/h3-8H,2,9H2,1H3. The number of nitrogens with zero attached hydrogens (tertiary/aromatic N) is 1. The van der Waals surface area contributed by atoms with Crippen LogP contribution in [0.5, 0.6) is 0 Å². The van der Waals surface area contributed by atoms with Crippen molar-refractivity contribution in [1.29, 1.82) is 0 Å². The minimum Gasteiger partial charge on any atom is -0.340 e. The summed E-state index contributed by atoms with van der Waals surface area (Å²) in [5.41, 5.74) is 0.883. The van der Waals surface area contributed by atoms with Crippen LogP contribution in [0.15, 0.2) is 36.5 Å². The highest BCUT2D eigenvalue weighted by Gasteiger charge is 2.12. The lowest BCUT2D eigenvalue weighted by atomic mass is 10.2. The molecule has 1 aromatic carbocycles. The van der Waals surface area contributed by atoms with E-state index in [9.17, 15) is 4.79 Å². The zero-order chi connectivity index (χ0) is 15.0. The molecule has 0 atom stereocenters. The third-order valence-electron chi connectivity index (χ3n) is 3.40. The molecule has 5 heteroatoms. The van der Waals surface area contributed by atoms with Gasteiger partial charge in [-0.1, -0.05) is 30.1 Å². The normalized spacial score (nSPS) is 11.2. The number of ketones is 1. The minimum absolute atomic E-state index is 0.105. The van der Waals surface area contributed by atoms with Gasteiger partial charge in [0.1, 0.15) is 0 Å². The SMILES string of the molecule is CCc1ccc(C(=O)Cn2ccc3c(Cl)cc(Cl)cc32)s1. The molecule has 0 bridgehead atoms. The van der Waals surface area contributed by atoms with E-state index in [1.807, 2.05) is 35.0 Å². The number of fused-ring (bicyclic) bond motifs is 1. The Morgan fingerprint density at radius 2 is 2.05 bits per heavy atom. The summed E-state index contributed by atoms with van der Waals surface area (Å²) < 4.78 is 1.89. The molecule has 108 valence electrons. The number of carbonyl (C=O) groups is 1. The number of hydrogen-bond acceptors (Lipinski definition) is 2. The lowest BCUT2D eigenvalue weighted by Crippen LogP contribution is -2.07. The van der Waals surface area contributed by atoms with Crippen molar-refractivity contribution >= 4 is 51.2 Å². The number of carbonyl (C=O) groups excluding carboxylic acids is 1. The van der Waals surface area contributed by atoms with Gasteiger partial charge >= 0.3 is 0 Å². The molecule has 0 saturated heterocycles. The van der Waals surface area contributed by atoms with Gasteiger partial charge in [-0.05, 0) is 36.8 Å². The van der Waals surface area contributed by atoms with Crippen LogP contribution >= 0.6 is 34.5 Å². The van der Waals surface area contributed by atoms with Crippen molar-refractivity contribution in [3.8, 4) is 0 Å².